The van der Waals surface area contributed by atoms with Crippen molar-refractivity contribution in [2.24, 2.45) is 5.92 Å². The summed E-state index contributed by atoms with van der Waals surface area (Å²) in [6.45, 7) is 6.16. The highest BCUT2D eigenvalue weighted by molar-refractivity contribution is 5.92. The third kappa shape index (κ3) is 3.91. The number of halogens is 1. The lowest BCUT2D eigenvalue weighted by atomic mass is 9.98. The van der Waals surface area contributed by atoms with E-state index in [2.05, 4.69) is 22.2 Å². The average molecular weight is 393 g/mol. The van der Waals surface area contributed by atoms with Crippen molar-refractivity contribution in [3.63, 3.8) is 0 Å². The van der Waals surface area contributed by atoms with Gasteiger partial charge in [-0.2, -0.15) is 5.10 Å². The summed E-state index contributed by atoms with van der Waals surface area (Å²) in [5.74, 6) is 0.0231. The van der Waals surface area contributed by atoms with E-state index in [1.54, 1.807) is 18.3 Å². The van der Waals surface area contributed by atoms with E-state index >= 15 is 0 Å². The van der Waals surface area contributed by atoms with Crippen LogP contribution in [0.3, 0.4) is 0 Å². The van der Waals surface area contributed by atoms with E-state index in [1.165, 1.54) is 12.1 Å². The highest BCUT2D eigenvalue weighted by Gasteiger charge is 2.25. The number of amides is 1. The third-order valence-corrected chi connectivity index (χ3v) is 5.11. The van der Waals surface area contributed by atoms with Gasteiger partial charge < -0.3 is 5.32 Å². The van der Waals surface area contributed by atoms with Crippen LogP contribution >= 0.6 is 0 Å². The highest BCUT2D eigenvalue weighted by atomic mass is 19.1. The van der Waals surface area contributed by atoms with Gasteiger partial charge >= 0.3 is 0 Å². The van der Waals surface area contributed by atoms with Crippen LogP contribution in [-0.2, 0) is 17.9 Å². The van der Waals surface area contributed by atoms with Crippen molar-refractivity contribution in [2.75, 3.05) is 18.9 Å². The molecule has 0 radical (unpaired) electrons. The summed E-state index contributed by atoms with van der Waals surface area (Å²) in [5, 5.41) is 7.70. The summed E-state index contributed by atoms with van der Waals surface area (Å²) in [4.78, 5) is 18.6. The Labute approximate surface area is 169 Å². The second-order valence-corrected chi connectivity index (χ2v) is 7.71. The smallest absolute Gasteiger partial charge is 0.228 e. The molecule has 0 saturated heterocycles. The fourth-order valence-corrected chi connectivity index (χ4v) is 3.48. The first kappa shape index (κ1) is 19.3. The number of hydrogen-bond acceptors (Lipinski definition) is 4. The van der Waals surface area contributed by atoms with E-state index in [0.29, 0.717) is 5.82 Å². The predicted octanol–water partition coefficient (Wildman–Crippen LogP) is 3.79. The normalized spacial score (nSPS) is 14.1. The first-order chi connectivity index (χ1) is 13.9. The molecule has 0 spiro atoms. The van der Waals surface area contributed by atoms with Crippen LogP contribution in [0, 0.1) is 11.7 Å². The van der Waals surface area contributed by atoms with Gasteiger partial charge in [0.05, 0.1) is 12.2 Å². The number of aromatic nitrogens is 3. The predicted molar refractivity (Wildman–Crippen MR) is 111 cm³/mol. The largest absolute Gasteiger partial charge is 0.310 e. The van der Waals surface area contributed by atoms with Gasteiger partial charge in [0, 0.05) is 36.3 Å². The zero-order chi connectivity index (χ0) is 20.5. The van der Waals surface area contributed by atoms with Gasteiger partial charge in [-0.25, -0.2) is 9.37 Å². The van der Waals surface area contributed by atoms with Gasteiger partial charge in [0.2, 0.25) is 5.91 Å². The maximum Gasteiger partial charge on any atom is 0.228 e. The lowest BCUT2D eigenvalue weighted by Crippen LogP contribution is -2.30. The van der Waals surface area contributed by atoms with Crippen LogP contribution in [0.2, 0.25) is 0 Å². The standard InChI is InChI=1S/C22H24FN5O/c1-14(2)22(29)25-19-12-16(8-9-24-19)20-18-13-27(3)10-11-28(18)26-21(20)15-4-6-17(23)7-5-15/h4-9,12,14H,10-11,13H2,1-3H3,(H,24,25,29). The number of nitrogens with zero attached hydrogens (tertiary/aromatic N) is 4. The molecular formula is C22H24FN5O. The molecule has 1 aliphatic rings. The molecule has 7 heteroatoms. The molecule has 0 saturated carbocycles. The molecule has 1 amide bonds. The Kier molecular flexibility index (Phi) is 5.15. The maximum atomic E-state index is 13.5. The molecule has 3 heterocycles. The number of carbonyl (C=O) groups is 1. The van der Waals surface area contributed by atoms with E-state index < -0.39 is 0 Å². The average Bonchev–Trinajstić information content (AvgIpc) is 3.07. The second kappa shape index (κ2) is 7.75. The van der Waals surface area contributed by atoms with Gasteiger partial charge in [-0.1, -0.05) is 13.8 Å². The van der Waals surface area contributed by atoms with Crippen molar-refractivity contribution in [3.05, 3.63) is 54.1 Å². The van der Waals surface area contributed by atoms with Crippen molar-refractivity contribution >= 4 is 11.7 Å². The van der Waals surface area contributed by atoms with Crippen molar-refractivity contribution in [3.8, 4) is 22.4 Å². The van der Waals surface area contributed by atoms with Crippen LogP contribution in [-0.4, -0.2) is 39.2 Å². The zero-order valence-electron chi connectivity index (χ0n) is 16.8. The molecule has 1 N–H and O–H groups in total. The van der Waals surface area contributed by atoms with Gasteiger partial charge in [-0.05, 0) is 49.0 Å². The molecule has 29 heavy (non-hydrogen) atoms. The molecule has 0 aliphatic carbocycles. The SMILES string of the molecule is CC(C)C(=O)Nc1cc(-c2c(-c3ccc(F)cc3)nn3c2CN(C)CC3)ccn1. The summed E-state index contributed by atoms with van der Waals surface area (Å²) in [6, 6.07) is 10.2. The van der Waals surface area contributed by atoms with Crippen molar-refractivity contribution < 1.29 is 9.18 Å². The fourth-order valence-electron chi connectivity index (χ4n) is 3.48. The minimum Gasteiger partial charge on any atom is -0.310 e. The lowest BCUT2D eigenvalue weighted by molar-refractivity contribution is -0.118. The maximum absolute atomic E-state index is 13.5. The number of hydrogen-bond donors (Lipinski definition) is 1. The van der Waals surface area contributed by atoms with Crippen molar-refractivity contribution in [2.45, 2.75) is 26.9 Å². The molecule has 2 aromatic heterocycles. The summed E-state index contributed by atoms with van der Waals surface area (Å²) >= 11 is 0. The molecule has 0 atom stereocenters. The van der Waals surface area contributed by atoms with Gasteiger partial charge in [-0.3, -0.25) is 14.4 Å². The second-order valence-electron chi connectivity index (χ2n) is 7.71. The molecular weight excluding hydrogens is 369 g/mol. The van der Waals surface area contributed by atoms with Crippen molar-refractivity contribution in [1.29, 1.82) is 0 Å². The van der Waals surface area contributed by atoms with E-state index in [1.807, 2.05) is 30.7 Å². The van der Waals surface area contributed by atoms with Crippen molar-refractivity contribution in [1.82, 2.24) is 19.7 Å². The fraction of sp³-hybridized carbons (Fsp3) is 0.318. The molecule has 1 aromatic carbocycles. The first-order valence-electron chi connectivity index (χ1n) is 9.74. The van der Waals surface area contributed by atoms with Crippen LogP contribution in [0.25, 0.3) is 22.4 Å². The Bertz CT molecular complexity index is 1040. The summed E-state index contributed by atoms with van der Waals surface area (Å²) < 4.78 is 15.5. The summed E-state index contributed by atoms with van der Waals surface area (Å²) in [7, 11) is 2.08. The molecule has 0 fully saturated rings. The zero-order valence-corrected chi connectivity index (χ0v) is 16.8. The number of benzene rings is 1. The number of likely N-dealkylation sites (N-methyl/N-ethyl adjacent to an activating group) is 1. The van der Waals surface area contributed by atoms with Gasteiger partial charge in [-0.15, -0.1) is 0 Å². The van der Waals surface area contributed by atoms with Crippen LogP contribution < -0.4 is 5.32 Å². The topological polar surface area (TPSA) is 63.1 Å². The Balaban J connectivity index is 1.83. The number of anilines is 1. The minimum atomic E-state index is -0.276. The van der Waals surface area contributed by atoms with E-state index in [4.69, 9.17) is 5.10 Å². The third-order valence-electron chi connectivity index (χ3n) is 5.11. The summed E-state index contributed by atoms with van der Waals surface area (Å²) in [6.07, 6.45) is 1.69. The van der Waals surface area contributed by atoms with Crippen LogP contribution in [0.1, 0.15) is 19.5 Å². The monoisotopic (exact) mass is 393 g/mol. The lowest BCUT2D eigenvalue weighted by Gasteiger charge is -2.24. The summed E-state index contributed by atoms with van der Waals surface area (Å²) in [5.41, 5.74) is 4.68. The molecule has 150 valence electrons. The minimum absolute atomic E-state index is 0.0785. The van der Waals surface area contributed by atoms with E-state index in [0.717, 1.165) is 47.7 Å². The van der Waals surface area contributed by atoms with E-state index in [-0.39, 0.29) is 17.6 Å². The molecule has 0 bridgehead atoms. The number of nitrogens with one attached hydrogen (secondary N) is 1. The molecule has 6 nitrogen and oxygen atoms in total. The highest BCUT2D eigenvalue weighted by Crippen LogP contribution is 2.37. The molecule has 0 unspecified atom stereocenters. The first-order valence-corrected chi connectivity index (χ1v) is 9.74. The number of carbonyl (C=O) groups excluding carboxylic acids is 1. The van der Waals surface area contributed by atoms with Crippen LogP contribution in [0.15, 0.2) is 42.6 Å². The van der Waals surface area contributed by atoms with Crippen LogP contribution in [0.5, 0.6) is 0 Å². The van der Waals surface area contributed by atoms with E-state index in [9.17, 15) is 9.18 Å². The molecule has 1 aliphatic heterocycles. The Hall–Kier alpha value is -3.06. The number of pyridine rings is 1. The van der Waals surface area contributed by atoms with Crippen LogP contribution in [0.4, 0.5) is 10.2 Å². The Morgan fingerprint density at radius 1 is 1.14 bits per heavy atom. The quantitative estimate of drug-likeness (QED) is 0.733. The Morgan fingerprint density at radius 3 is 2.62 bits per heavy atom. The molecule has 4 rings (SSSR count). The number of rotatable bonds is 4. The van der Waals surface area contributed by atoms with Gasteiger partial charge in [0.15, 0.2) is 0 Å². The van der Waals surface area contributed by atoms with Gasteiger partial charge in [0.25, 0.3) is 0 Å². The van der Waals surface area contributed by atoms with Gasteiger partial charge in [0.1, 0.15) is 17.3 Å². The molecule has 3 aromatic rings. The number of fused-ring (bicyclic) bond motifs is 1. The Morgan fingerprint density at radius 2 is 1.90 bits per heavy atom.